The number of benzene rings is 3. The number of nitrogens with zero attached hydrogens (tertiary/aromatic N) is 4. The number of aromatic hydroxyl groups is 1. The fourth-order valence-corrected chi connectivity index (χ4v) is 3.31. The SMILES string of the molecule is O=C(N=Nc1c(O)n(Cc2ccc(Cl)cc2)c2ccccc12)c1ccc([N+](=O)[O-])cc1. The third-order valence-corrected chi connectivity index (χ3v) is 4.99. The van der Waals surface area contributed by atoms with Crippen LogP contribution in [0, 0.1) is 10.1 Å². The largest absolute Gasteiger partial charge is 0.493 e. The van der Waals surface area contributed by atoms with Crippen molar-refractivity contribution in [1.82, 2.24) is 4.57 Å². The summed E-state index contributed by atoms with van der Waals surface area (Å²) in [5.74, 6) is -0.805. The summed E-state index contributed by atoms with van der Waals surface area (Å²) >= 11 is 5.94. The van der Waals surface area contributed by atoms with E-state index in [1.807, 2.05) is 24.3 Å². The van der Waals surface area contributed by atoms with Crippen LogP contribution in [-0.2, 0) is 6.54 Å². The minimum atomic E-state index is -0.677. The molecule has 0 spiro atoms. The van der Waals surface area contributed by atoms with E-state index in [0.717, 1.165) is 11.1 Å². The smallest absolute Gasteiger partial charge is 0.295 e. The van der Waals surface area contributed by atoms with E-state index in [2.05, 4.69) is 10.2 Å². The van der Waals surface area contributed by atoms with Crippen molar-refractivity contribution in [1.29, 1.82) is 0 Å². The number of aromatic nitrogens is 1. The average Bonchev–Trinajstić information content (AvgIpc) is 3.04. The van der Waals surface area contributed by atoms with Gasteiger partial charge in [0.1, 0.15) is 0 Å². The zero-order chi connectivity index (χ0) is 22.0. The molecule has 0 aliphatic heterocycles. The quantitative estimate of drug-likeness (QED) is 0.240. The van der Waals surface area contributed by atoms with E-state index >= 15 is 0 Å². The van der Waals surface area contributed by atoms with Crippen molar-refractivity contribution < 1.29 is 14.8 Å². The summed E-state index contributed by atoms with van der Waals surface area (Å²) in [6.07, 6.45) is 0. The van der Waals surface area contributed by atoms with Gasteiger partial charge in [0.05, 0.1) is 17.0 Å². The predicted molar refractivity (Wildman–Crippen MR) is 116 cm³/mol. The summed E-state index contributed by atoms with van der Waals surface area (Å²) in [6.45, 7) is 0.370. The number of hydrogen-bond acceptors (Lipinski definition) is 5. The molecule has 9 heteroatoms. The van der Waals surface area contributed by atoms with Crippen molar-refractivity contribution in [3.63, 3.8) is 0 Å². The van der Waals surface area contributed by atoms with E-state index in [-0.39, 0.29) is 22.8 Å². The van der Waals surface area contributed by atoms with Gasteiger partial charge in [-0.15, -0.1) is 10.2 Å². The van der Waals surface area contributed by atoms with Gasteiger partial charge in [-0.2, -0.15) is 0 Å². The van der Waals surface area contributed by atoms with Crippen molar-refractivity contribution in [2.24, 2.45) is 10.2 Å². The number of nitro benzene ring substituents is 1. The zero-order valence-corrected chi connectivity index (χ0v) is 16.7. The molecule has 4 rings (SSSR count). The van der Waals surface area contributed by atoms with Gasteiger partial charge in [0.15, 0.2) is 5.69 Å². The average molecular weight is 435 g/mol. The fourth-order valence-electron chi connectivity index (χ4n) is 3.18. The van der Waals surface area contributed by atoms with Crippen LogP contribution in [0.1, 0.15) is 15.9 Å². The molecule has 0 bridgehead atoms. The second-order valence-corrected chi connectivity index (χ2v) is 7.15. The Kier molecular flexibility index (Phi) is 5.46. The van der Waals surface area contributed by atoms with Crippen LogP contribution in [0.5, 0.6) is 5.88 Å². The Balaban J connectivity index is 1.67. The van der Waals surface area contributed by atoms with Crippen molar-refractivity contribution in [3.05, 3.63) is 99.1 Å². The number of amides is 1. The summed E-state index contributed by atoms with van der Waals surface area (Å²) < 4.78 is 1.67. The lowest BCUT2D eigenvalue weighted by molar-refractivity contribution is -0.384. The number of rotatable bonds is 5. The molecular formula is C22H15ClN4O4. The van der Waals surface area contributed by atoms with Gasteiger partial charge in [-0.3, -0.25) is 14.9 Å². The van der Waals surface area contributed by atoms with Gasteiger partial charge in [0.25, 0.3) is 11.6 Å². The second kappa shape index (κ2) is 8.37. The van der Waals surface area contributed by atoms with Crippen LogP contribution in [0.2, 0.25) is 5.02 Å². The number of halogens is 1. The molecule has 1 aromatic heterocycles. The van der Waals surface area contributed by atoms with Gasteiger partial charge < -0.3 is 9.67 Å². The van der Waals surface area contributed by atoms with Crippen LogP contribution in [-0.4, -0.2) is 20.5 Å². The lowest BCUT2D eigenvalue weighted by Crippen LogP contribution is -1.98. The molecule has 8 nitrogen and oxygen atoms in total. The molecule has 0 atom stereocenters. The highest BCUT2D eigenvalue weighted by molar-refractivity contribution is 6.30. The first-order valence-corrected chi connectivity index (χ1v) is 9.57. The van der Waals surface area contributed by atoms with Gasteiger partial charge in [-0.1, -0.05) is 41.9 Å². The van der Waals surface area contributed by atoms with Gasteiger partial charge in [-0.05, 0) is 35.9 Å². The number of fused-ring (bicyclic) bond motifs is 1. The normalized spacial score (nSPS) is 11.3. The van der Waals surface area contributed by atoms with E-state index in [0.29, 0.717) is 17.0 Å². The molecule has 0 aliphatic carbocycles. The Bertz CT molecular complexity index is 1310. The molecule has 154 valence electrons. The summed E-state index contributed by atoms with van der Waals surface area (Å²) in [5, 5.41) is 30.5. The standard InChI is InChI=1S/C22H15ClN4O4/c23-16-9-5-14(6-10-16)13-26-19-4-2-1-3-18(19)20(22(26)29)24-25-21(28)15-7-11-17(12-8-15)27(30)31/h1-12,29H,13H2. The number of carbonyl (C=O) groups is 1. The minimum Gasteiger partial charge on any atom is -0.493 e. The van der Waals surface area contributed by atoms with Crippen molar-refractivity contribution in [3.8, 4) is 5.88 Å². The summed E-state index contributed by atoms with van der Waals surface area (Å²) in [7, 11) is 0. The van der Waals surface area contributed by atoms with E-state index in [1.54, 1.807) is 28.8 Å². The maximum atomic E-state index is 12.3. The summed E-state index contributed by atoms with van der Waals surface area (Å²) in [6, 6.07) is 19.6. The van der Waals surface area contributed by atoms with E-state index in [4.69, 9.17) is 11.6 Å². The third kappa shape index (κ3) is 4.15. The van der Waals surface area contributed by atoms with Crippen LogP contribution in [0.4, 0.5) is 11.4 Å². The topological polar surface area (TPSA) is 110 Å². The molecule has 4 aromatic rings. The first-order valence-electron chi connectivity index (χ1n) is 9.19. The molecule has 1 N–H and O–H groups in total. The molecule has 1 amide bonds. The maximum Gasteiger partial charge on any atom is 0.295 e. The Morgan fingerprint density at radius 1 is 1.03 bits per heavy atom. The molecule has 1 heterocycles. The van der Waals surface area contributed by atoms with E-state index < -0.39 is 10.8 Å². The zero-order valence-electron chi connectivity index (χ0n) is 16.0. The molecule has 0 unspecified atom stereocenters. The van der Waals surface area contributed by atoms with E-state index in [1.165, 1.54) is 24.3 Å². The number of para-hydroxylation sites is 1. The Hall–Kier alpha value is -4.04. The van der Waals surface area contributed by atoms with E-state index in [9.17, 15) is 20.0 Å². The number of nitro groups is 1. The highest BCUT2D eigenvalue weighted by atomic mass is 35.5. The Morgan fingerprint density at radius 3 is 2.39 bits per heavy atom. The lowest BCUT2D eigenvalue weighted by atomic mass is 10.2. The Morgan fingerprint density at radius 2 is 1.71 bits per heavy atom. The predicted octanol–water partition coefficient (Wildman–Crippen LogP) is 5.88. The number of hydrogen-bond donors (Lipinski definition) is 1. The minimum absolute atomic E-state index is 0.128. The van der Waals surface area contributed by atoms with Gasteiger partial charge in [-0.25, -0.2) is 0 Å². The van der Waals surface area contributed by atoms with Gasteiger partial charge >= 0.3 is 0 Å². The Labute approximate surface area is 181 Å². The van der Waals surface area contributed by atoms with Crippen LogP contribution in [0.3, 0.4) is 0 Å². The number of non-ortho nitro benzene ring substituents is 1. The van der Waals surface area contributed by atoms with Gasteiger partial charge in [0.2, 0.25) is 5.88 Å². The molecule has 0 radical (unpaired) electrons. The number of carbonyl (C=O) groups excluding carboxylic acids is 1. The second-order valence-electron chi connectivity index (χ2n) is 6.71. The molecular weight excluding hydrogens is 420 g/mol. The van der Waals surface area contributed by atoms with Crippen LogP contribution < -0.4 is 0 Å². The first kappa shape index (κ1) is 20.2. The monoisotopic (exact) mass is 434 g/mol. The van der Waals surface area contributed by atoms with Gasteiger partial charge in [0, 0.05) is 28.1 Å². The maximum absolute atomic E-state index is 12.3. The highest BCUT2D eigenvalue weighted by Gasteiger charge is 2.17. The summed E-state index contributed by atoms with van der Waals surface area (Å²) in [5.41, 5.74) is 1.84. The van der Waals surface area contributed by atoms with Crippen molar-refractivity contribution in [2.45, 2.75) is 6.54 Å². The van der Waals surface area contributed by atoms with Crippen molar-refractivity contribution in [2.75, 3.05) is 0 Å². The molecule has 0 saturated heterocycles. The number of azo groups is 1. The first-order chi connectivity index (χ1) is 14.9. The summed E-state index contributed by atoms with van der Waals surface area (Å²) in [4.78, 5) is 22.5. The van der Waals surface area contributed by atoms with Crippen LogP contribution in [0.15, 0.2) is 83.0 Å². The third-order valence-electron chi connectivity index (χ3n) is 4.74. The lowest BCUT2D eigenvalue weighted by Gasteiger charge is -2.07. The molecule has 31 heavy (non-hydrogen) atoms. The molecule has 0 saturated carbocycles. The molecule has 0 aliphatic rings. The van der Waals surface area contributed by atoms with Crippen LogP contribution in [0.25, 0.3) is 10.9 Å². The van der Waals surface area contributed by atoms with Crippen molar-refractivity contribution >= 4 is 39.8 Å². The highest BCUT2D eigenvalue weighted by Crippen LogP contribution is 2.39. The fraction of sp³-hybridized carbons (Fsp3) is 0.0455. The molecule has 0 fully saturated rings. The molecule has 3 aromatic carbocycles. The van der Waals surface area contributed by atoms with Crippen LogP contribution >= 0.6 is 11.6 Å².